The Morgan fingerprint density at radius 2 is 1.89 bits per heavy atom. The number of hydrogen-bond donors (Lipinski definition) is 1. The number of thiazole rings is 1. The van der Waals surface area contributed by atoms with Crippen molar-refractivity contribution in [3.63, 3.8) is 0 Å². The van der Waals surface area contributed by atoms with Crippen molar-refractivity contribution in [3.05, 3.63) is 63.0 Å². The summed E-state index contributed by atoms with van der Waals surface area (Å²) in [6.45, 7) is 2.03. The average molecular weight is 398 g/mol. The van der Waals surface area contributed by atoms with Crippen LogP contribution >= 0.6 is 11.3 Å². The lowest BCUT2D eigenvalue weighted by molar-refractivity contribution is -0.385. The summed E-state index contributed by atoms with van der Waals surface area (Å²) in [5.74, 6) is 0.530. The zero-order valence-corrected chi connectivity index (χ0v) is 16.3. The molecule has 0 unspecified atom stereocenters. The largest absolute Gasteiger partial charge is 0.496 e. The molecule has 0 aliphatic heterocycles. The van der Waals surface area contributed by atoms with Crippen LogP contribution in [0.5, 0.6) is 11.5 Å². The quantitative estimate of drug-likeness (QED) is 0.358. The molecule has 0 spiro atoms. The minimum absolute atomic E-state index is 0.120. The number of aryl methyl sites for hydroxylation is 1. The summed E-state index contributed by atoms with van der Waals surface area (Å²) in [7, 11) is 2.84. The van der Waals surface area contributed by atoms with Crippen LogP contribution in [-0.2, 0) is 0 Å². The van der Waals surface area contributed by atoms with E-state index in [0.717, 1.165) is 11.3 Å². The number of nitro benzene ring substituents is 1. The third-order valence-electron chi connectivity index (χ3n) is 3.94. The van der Waals surface area contributed by atoms with Crippen LogP contribution < -0.4 is 14.9 Å². The fraction of sp³-hybridized carbons (Fsp3) is 0.158. The predicted molar refractivity (Wildman–Crippen MR) is 110 cm³/mol. The number of nitrogens with zero attached hydrogens (tertiary/aromatic N) is 3. The van der Waals surface area contributed by atoms with E-state index in [2.05, 4.69) is 15.5 Å². The van der Waals surface area contributed by atoms with Crippen LogP contribution in [0.25, 0.3) is 11.3 Å². The maximum atomic E-state index is 11.2. The van der Waals surface area contributed by atoms with Crippen LogP contribution in [0, 0.1) is 17.0 Å². The van der Waals surface area contributed by atoms with Gasteiger partial charge in [-0.25, -0.2) is 4.98 Å². The smallest absolute Gasteiger partial charge is 0.311 e. The lowest BCUT2D eigenvalue weighted by Gasteiger charge is -2.08. The molecule has 3 rings (SSSR count). The van der Waals surface area contributed by atoms with Gasteiger partial charge in [0.2, 0.25) is 10.9 Å². The first-order valence-corrected chi connectivity index (χ1v) is 9.12. The summed E-state index contributed by atoms with van der Waals surface area (Å²) in [5.41, 5.74) is 6.17. The van der Waals surface area contributed by atoms with E-state index in [1.54, 1.807) is 0 Å². The van der Waals surface area contributed by atoms with Crippen LogP contribution in [-0.4, -0.2) is 30.3 Å². The van der Waals surface area contributed by atoms with Gasteiger partial charge in [0.15, 0.2) is 0 Å². The third-order valence-corrected chi connectivity index (χ3v) is 4.69. The molecule has 0 aliphatic carbocycles. The molecule has 0 saturated heterocycles. The highest BCUT2D eigenvalue weighted by Gasteiger charge is 2.18. The molecule has 0 fully saturated rings. The maximum Gasteiger partial charge on any atom is 0.311 e. The number of benzene rings is 2. The number of rotatable bonds is 7. The van der Waals surface area contributed by atoms with Gasteiger partial charge in [0.1, 0.15) is 5.75 Å². The minimum atomic E-state index is -0.516. The fourth-order valence-corrected chi connectivity index (χ4v) is 3.16. The number of hydrogen-bond acceptors (Lipinski definition) is 8. The van der Waals surface area contributed by atoms with Gasteiger partial charge < -0.3 is 9.47 Å². The molecule has 0 atom stereocenters. The van der Waals surface area contributed by atoms with Gasteiger partial charge in [-0.3, -0.25) is 15.5 Å². The Kier molecular flexibility index (Phi) is 5.85. The first-order valence-electron chi connectivity index (χ1n) is 8.24. The molecular formula is C19H18N4O4S. The number of hydrazone groups is 1. The van der Waals surface area contributed by atoms with Crippen molar-refractivity contribution in [1.82, 2.24) is 4.98 Å². The van der Waals surface area contributed by atoms with Gasteiger partial charge in [-0.05, 0) is 6.92 Å². The van der Waals surface area contributed by atoms with Gasteiger partial charge in [0, 0.05) is 28.6 Å². The van der Waals surface area contributed by atoms with Crippen LogP contribution in [0.2, 0.25) is 0 Å². The van der Waals surface area contributed by atoms with Crippen LogP contribution in [0.3, 0.4) is 0 Å². The molecule has 0 amide bonds. The molecule has 1 N–H and O–H groups in total. The Labute approximate surface area is 165 Å². The van der Waals surface area contributed by atoms with Crippen molar-refractivity contribution in [2.45, 2.75) is 6.92 Å². The van der Waals surface area contributed by atoms with E-state index in [9.17, 15) is 10.1 Å². The zero-order valence-electron chi connectivity index (χ0n) is 15.5. The summed E-state index contributed by atoms with van der Waals surface area (Å²) in [6, 6.07) is 10.9. The average Bonchev–Trinajstić information content (AvgIpc) is 3.16. The Morgan fingerprint density at radius 3 is 2.54 bits per heavy atom. The standard InChI is InChI=1S/C19H18N4O4S/c1-12-4-6-13(7-5-12)15-11-28-19(21-15)22-20-10-14-8-16(23(24)25)18(27-3)9-17(14)26-2/h4-11H,1-3H3,(H,21,22)/b20-10-. The summed E-state index contributed by atoms with van der Waals surface area (Å²) >= 11 is 1.41. The van der Waals surface area contributed by atoms with Crippen molar-refractivity contribution in [2.24, 2.45) is 5.10 Å². The van der Waals surface area contributed by atoms with E-state index >= 15 is 0 Å². The molecule has 28 heavy (non-hydrogen) atoms. The van der Waals surface area contributed by atoms with Crippen LogP contribution in [0.4, 0.5) is 10.8 Å². The van der Waals surface area contributed by atoms with E-state index in [0.29, 0.717) is 16.4 Å². The highest BCUT2D eigenvalue weighted by Crippen LogP contribution is 2.33. The summed E-state index contributed by atoms with van der Waals surface area (Å²) in [6.07, 6.45) is 1.44. The minimum Gasteiger partial charge on any atom is -0.496 e. The normalized spacial score (nSPS) is 10.8. The molecule has 8 nitrogen and oxygen atoms in total. The first kappa shape index (κ1) is 19.3. The lowest BCUT2D eigenvalue weighted by atomic mass is 10.1. The second-order valence-corrected chi connectivity index (χ2v) is 6.66. The Balaban J connectivity index is 1.78. The van der Waals surface area contributed by atoms with Crippen molar-refractivity contribution in [3.8, 4) is 22.8 Å². The second-order valence-electron chi connectivity index (χ2n) is 5.80. The predicted octanol–water partition coefficient (Wildman–Crippen LogP) is 4.49. The molecule has 3 aromatic rings. The monoisotopic (exact) mass is 398 g/mol. The molecule has 9 heteroatoms. The second kappa shape index (κ2) is 8.49. The molecule has 0 radical (unpaired) electrons. The van der Waals surface area contributed by atoms with Crippen LogP contribution in [0.1, 0.15) is 11.1 Å². The number of anilines is 1. The van der Waals surface area contributed by atoms with Crippen molar-refractivity contribution in [2.75, 3.05) is 19.6 Å². The highest BCUT2D eigenvalue weighted by atomic mass is 32.1. The maximum absolute atomic E-state index is 11.2. The van der Waals surface area contributed by atoms with Gasteiger partial charge in [-0.1, -0.05) is 29.8 Å². The fourth-order valence-electron chi connectivity index (χ4n) is 2.49. The number of nitrogens with one attached hydrogen (secondary N) is 1. The molecule has 0 saturated carbocycles. The van der Waals surface area contributed by atoms with E-state index in [1.807, 2.05) is 36.6 Å². The number of ether oxygens (including phenoxy) is 2. The molecule has 0 bridgehead atoms. The molecule has 144 valence electrons. The number of aromatic nitrogens is 1. The summed E-state index contributed by atoms with van der Waals surface area (Å²) < 4.78 is 10.3. The third kappa shape index (κ3) is 4.26. The zero-order chi connectivity index (χ0) is 20.1. The molecule has 1 aromatic heterocycles. The van der Waals surface area contributed by atoms with E-state index in [1.165, 1.54) is 49.5 Å². The van der Waals surface area contributed by atoms with Crippen molar-refractivity contribution >= 4 is 28.4 Å². The highest BCUT2D eigenvalue weighted by molar-refractivity contribution is 7.14. The van der Waals surface area contributed by atoms with Gasteiger partial charge in [-0.15, -0.1) is 11.3 Å². The van der Waals surface area contributed by atoms with Crippen molar-refractivity contribution < 1.29 is 14.4 Å². The molecule has 0 aliphatic rings. The van der Waals surface area contributed by atoms with Gasteiger partial charge in [-0.2, -0.15) is 5.10 Å². The van der Waals surface area contributed by atoms with Gasteiger partial charge >= 0.3 is 5.69 Å². The molecule has 1 heterocycles. The molecule has 2 aromatic carbocycles. The number of methoxy groups -OCH3 is 2. The van der Waals surface area contributed by atoms with Crippen LogP contribution in [0.15, 0.2) is 46.9 Å². The van der Waals surface area contributed by atoms with Gasteiger partial charge in [0.05, 0.1) is 31.1 Å². The van der Waals surface area contributed by atoms with E-state index in [-0.39, 0.29) is 11.4 Å². The Morgan fingerprint density at radius 1 is 1.18 bits per heavy atom. The van der Waals surface area contributed by atoms with Crippen molar-refractivity contribution in [1.29, 1.82) is 0 Å². The van der Waals surface area contributed by atoms with E-state index in [4.69, 9.17) is 9.47 Å². The van der Waals surface area contributed by atoms with E-state index < -0.39 is 4.92 Å². The Bertz CT molecular complexity index is 1020. The SMILES string of the molecule is COc1cc(OC)c([N+](=O)[O-])cc1/C=N\Nc1nc(-c2ccc(C)cc2)cs1. The summed E-state index contributed by atoms with van der Waals surface area (Å²) in [4.78, 5) is 15.2. The van der Waals surface area contributed by atoms with Gasteiger partial charge in [0.25, 0.3) is 0 Å². The summed E-state index contributed by atoms with van der Waals surface area (Å²) in [5, 5.41) is 17.9. The Hall–Kier alpha value is -3.46. The first-order chi connectivity index (χ1) is 13.5. The number of nitro groups is 1. The molecular weight excluding hydrogens is 380 g/mol. The topological polar surface area (TPSA) is 98.9 Å². The lowest BCUT2D eigenvalue weighted by Crippen LogP contribution is -1.99.